The zero-order valence-corrected chi connectivity index (χ0v) is 14.4. The van der Waals surface area contributed by atoms with Gasteiger partial charge in [0.15, 0.2) is 0 Å². The summed E-state index contributed by atoms with van der Waals surface area (Å²) in [5, 5.41) is 3.47. The molecule has 2 heteroatoms. The Morgan fingerprint density at radius 2 is 1.80 bits per heavy atom. The lowest BCUT2D eigenvalue weighted by molar-refractivity contribution is 0.525. The van der Waals surface area contributed by atoms with Gasteiger partial charge < -0.3 is 5.32 Å². The van der Waals surface area contributed by atoms with Crippen molar-refractivity contribution in [1.82, 2.24) is 5.32 Å². The normalized spacial score (nSPS) is 12.3. The molecule has 0 spiro atoms. The lowest BCUT2D eigenvalue weighted by Gasteiger charge is -2.19. The first kappa shape index (κ1) is 15.5. The molecule has 0 bridgehead atoms. The Balaban J connectivity index is 1.97. The second-order valence-electron chi connectivity index (χ2n) is 5.20. The molecule has 0 fully saturated rings. The summed E-state index contributed by atoms with van der Waals surface area (Å²) >= 11 is 2.47. The van der Waals surface area contributed by atoms with E-state index in [1.807, 2.05) is 0 Å². The molecule has 1 nitrogen and oxygen atoms in total. The summed E-state index contributed by atoms with van der Waals surface area (Å²) in [5.74, 6) is 0. The zero-order valence-electron chi connectivity index (χ0n) is 12.2. The van der Waals surface area contributed by atoms with Crippen molar-refractivity contribution in [3.63, 3.8) is 0 Å². The molecule has 106 valence electrons. The molecule has 0 radical (unpaired) electrons. The largest absolute Gasteiger partial charge is 0.313 e. The van der Waals surface area contributed by atoms with E-state index < -0.39 is 0 Å². The van der Waals surface area contributed by atoms with Gasteiger partial charge in [0.2, 0.25) is 0 Å². The Morgan fingerprint density at radius 1 is 1.05 bits per heavy atom. The second kappa shape index (κ2) is 7.79. The summed E-state index contributed by atoms with van der Waals surface area (Å²) in [6.07, 6.45) is 3.53. The standard InChI is InChI=1S/C18H22IN/c1-14-8-6-12-16(18(14)19)17(20-2)13-7-11-15-9-4-3-5-10-15/h3-6,8-10,12,17,20H,7,11,13H2,1-2H3. The Hall–Kier alpha value is -0.870. The molecule has 0 amide bonds. The molecule has 2 rings (SSSR count). The highest BCUT2D eigenvalue weighted by Crippen LogP contribution is 2.26. The minimum atomic E-state index is 0.450. The number of rotatable bonds is 6. The van der Waals surface area contributed by atoms with Crippen molar-refractivity contribution in [3.05, 3.63) is 68.8 Å². The average molecular weight is 379 g/mol. The van der Waals surface area contributed by atoms with Crippen LogP contribution in [0.2, 0.25) is 0 Å². The van der Waals surface area contributed by atoms with Gasteiger partial charge in [0, 0.05) is 9.61 Å². The molecule has 0 saturated heterocycles. The SMILES string of the molecule is CNC(CCCc1ccccc1)c1cccc(C)c1I. The zero-order chi connectivity index (χ0) is 14.4. The number of hydrogen-bond donors (Lipinski definition) is 1. The van der Waals surface area contributed by atoms with Crippen LogP contribution >= 0.6 is 22.6 Å². The smallest absolute Gasteiger partial charge is 0.0328 e. The summed E-state index contributed by atoms with van der Waals surface area (Å²) < 4.78 is 1.39. The van der Waals surface area contributed by atoms with Crippen LogP contribution in [0.3, 0.4) is 0 Å². The lowest BCUT2D eigenvalue weighted by Crippen LogP contribution is -2.18. The Morgan fingerprint density at radius 3 is 2.50 bits per heavy atom. The van der Waals surface area contributed by atoms with Crippen LogP contribution in [0.5, 0.6) is 0 Å². The predicted octanol–water partition coefficient (Wildman–Crippen LogP) is 4.88. The van der Waals surface area contributed by atoms with Gasteiger partial charge in [-0.2, -0.15) is 0 Å². The van der Waals surface area contributed by atoms with Gasteiger partial charge in [-0.15, -0.1) is 0 Å². The van der Waals surface area contributed by atoms with Gasteiger partial charge in [-0.05, 0) is 72.5 Å². The van der Waals surface area contributed by atoms with Crippen LogP contribution in [0, 0.1) is 10.5 Å². The van der Waals surface area contributed by atoms with Gasteiger partial charge in [-0.3, -0.25) is 0 Å². The van der Waals surface area contributed by atoms with E-state index in [0.717, 1.165) is 6.42 Å². The van der Waals surface area contributed by atoms with Crippen LogP contribution in [0.4, 0.5) is 0 Å². The number of hydrogen-bond acceptors (Lipinski definition) is 1. The molecule has 1 unspecified atom stereocenters. The van der Waals surface area contributed by atoms with Crippen molar-refractivity contribution in [3.8, 4) is 0 Å². The minimum Gasteiger partial charge on any atom is -0.313 e. The van der Waals surface area contributed by atoms with Crippen LogP contribution < -0.4 is 5.32 Å². The van der Waals surface area contributed by atoms with Gasteiger partial charge in [-0.25, -0.2) is 0 Å². The first-order chi connectivity index (χ1) is 9.72. The molecule has 0 aliphatic carbocycles. The Kier molecular flexibility index (Phi) is 6.05. The van der Waals surface area contributed by atoms with E-state index >= 15 is 0 Å². The van der Waals surface area contributed by atoms with Gasteiger partial charge in [-0.1, -0.05) is 48.5 Å². The van der Waals surface area contributed by atoms with Crippen LogP contribution in [0.1, 0.15) is 35.6 Å². The minimum absolute atomic E-state index is 0.450. The summed E-state index contributed by atoms with van der Waals surface area (Å²) in [7, 11) is 2.06. The average Bonchev–Trinajstić information content (AvgIpc) is 2.48. The Bertz CT molecular complexity index is 536. The molecule has 0 aliphatic heterocycles. The molecular weight excluding hydrogens is 357 g/mol. The fraction of sp³-hybridized carbons (Fsp3) is 0.333. The third kappa shape index (κ3) is 4.06. The highest BCUT2D eigenvalue weighted by molar-refractivity contribution is 14.1. The summed E-state index contributed by atoms with van der Waals surface area (Å²) in [4.78, 5) is 0. The third-order valence-corrected chi connectivity index (χ3v) is 5.22. The van der Waals surface area contributed by atoms with Crippen LogP contribution in [0.25, 0.3) is 0 Å². The molecule has 1 atom stereocenters. The van der Waals surface area contributed by atoms with Gasteiger partial charge in [0.1, 0.15) is 0 Å². The molecule has 2 aromatic rings. The van der Waals surface area contributed by atoms with E-state index in [2.05, 4.69) is 90.4 Å². The maximum absolute atomic E-state index is 3.47. The topological polar surface area (TPSA) is 12.0 Å². The van der Waals surface area contributed by atoms with E-state index in [1.165, 1.54) is 33.1 Å². The van der Waals surface area contributed by atoms with E-state index in [-0.39, 0.29) is 0 Å². The summed E-state index contributed by atoms with van der Waals surface area (Å²) in [5.41, 5.74) is 4.23. The molecule has 0 saturated carbocycles. The molecule has 1 N–H and O–H groups in total. The van der Waals surface area contributed by atoms with E-state index in [0.29, 0.717) is 6.04 Å². The first-order valence-electron chi connectivity index (χ1n) is 7.18. The number of aryl methyl sites for hydroxylation is 2. The summed E-state index contributed by atoms with van der Waals surface area (Å²) in [6.45, 7) is 2.18. The van der Waals surface area contributed by atoms with E-state index in [9.17, 15) is 0 Å². The van der Waals surface area contributed by atoms with Crippen molar-refractivity contribution in [2.45, 2.75) is 32.2 Å². The molecule has 0 aliphatic rings. The van der Waals surface area contributed by atoms with Crippen molar-refractivity contribution < 1.29 is 0 Å². The maximum Gasteiger partial charge on any atom is 0.0328 e. The maximum atomic E-state index is 3.47. The third-order valence-electron chi connectivity index (χ3n) is 3.75. The second-order valence-corrected chi connectivity index (χ2v) is 6.28. The molecule has 2 aromatic carbocycles. The monoisotopic (exact) mass is 379 g/mol. The van der Waals surface area contributed by atoms with Crippen LogP contribution in [0.15, 0.2) is 48.5 Å². The highest BCUT2D eigenvalue weighted by atomic mass is 127. The first-order valence-corrected chi connectivity index (χ1v) is 8.26. The highest BCUT2D eigenvalue weighted by Gasteiger charge is 2.13. The van der Waals surface area contributed by atoms with Crippen LogP contribution in [-0.4, -0.2) is 7.05 Å². The van der Waals surface area contributed by atoms with Gasteiger partial charge in [0.05, 0.1) is 0 Å². The quantitative estimate of drug-likeness (QED) is 0.706. The summed E-state index contributed by atoms with van der Waals surface area (Å²) in [6, 6.07) is 17.8. The molecule has 0 heterocycles. The molecular formula is C18H22IN. The molecule has 0 aromatic heterocycles. The van der Waals surface area contributed by atoms with Crippen molar-refractivity contribution in [2.24, 2.45) is 0 Å². The van der Waals surface area contributed by atoms with Crippen molar-refractivity contribution in [1.29, 1.82) is 0 Å². The predicted molar refractivity (Wildman–Crippen MR) is 95.1 cm³/mol. The fourth-order valence-corrected chi connectivity index (χ4v) is 3.29. The number of nitrogens with one attached hydrogen (secondary N) is 1. The van der Waals surface area contributed by atoms with Gasteiger partial charge >= 0.3 is 0 Å². The lowest BCUT2D eigenvalue weighted by atomic mass is 9.98. The molecule has 20 heavy (non-hydrogen) atoms. The Labute approximate surface area is 135 Å². The van der Waals surface area contributed by atoms with Gasteiger partial charge in [0.25, 0.3) is 0 Å². The van der Waals surface area contributed by atoms with Crippen molar-refractivity contribution >= 4 is 22.6 Å². The van der Waals surface area contributed by atoms with Crippen molar-refractivity contribution in [2.75, 3.05) is 7.05 Å². The van der Waals surface area contributed by atoms with Crippen LogP contribution in [-0.2, 0) is 6.42 Å². The fourth-order valence-electron chi connectivity index (χ4n) is 2.55. The number of benzene rings is 2. The van der Waals surface area contributed by atoms with E-state index in [1.54, 1.807) is 0 Å². The number of halogens is 1. The van der Waals surface area contributed by atoms with E-state index in [4.69, 9.17) is 0 Å².